The zero-order valence-corrected chi connectivity index (χ0v) is 7.93. The Morgan fingerprint density at radius 2 is 2.36 bits per heavy atom. The standard InChI is InChI=1S/C6H10Cl2N2O/c1-5(11-2)9-3-6(7)10(8)4-9/h3,5H,4H2,1-2H3. The second kappa shape index (κ2) is 3.52. The largest absolute Gasteiger partial charge is 0.362 e. The van der Waals surface area contributed by atoms with Gasteiger partial charge in [-0.3, -0.25) is 4.42 Å². The Labute approximate surface area is 76.2 Å². The molecule has 1 aliphatic rings. The minimum absolute atomic E-state index is 0.00694. The fourth-order valence-electron chi connectivity index (χ4n) is 0.807. The maximum atomic E-state index is 5.72. The van der Waals surface area contributed by atoms with E-state index in [0.29, 0.717) is 11.8 Å². The van der Waals surface area contributed by atoms with Crippen molar-refractivity contribution < 1.29 is 4.74 Å². The summed E-state index contributed by atoms with van der Waals surface area (Å²) in [5.74, 6) is 0. The lowest BCUT2D eigenvalue weighted by atomic mass is 10.6. The van der Waals surface area contributed by atoms with Crippen molar-refractivity contribution in [3.05, 3.63) is 11.4 Å². The summed E-state index contributed by atoms with van der Waals surface area (Å²) in [6.07, 6.45) is 1.76. The fraction of sp³-hybridized carbons (Fsp3) is 0.667. The summed E-state index contributed by atoms with van der Waals surface area (Å²) in [7, 11) is 1.64. The fourth-order valence-corrected chi connectivity index (χ4v) is 1.15. The molecule has 1 atom stereocenters. The summed E-state index contributed by atoms with van der Waals surface area (Å²) in [5.41, 5.74) is 0. The van der Waals surface area contributed by atoms with Crippen LogP contribution >= 0.6 is 23.4 Å². The zero-order valence-electron chi connectivity index (χ0n) is 6.42. The van der Waals surface area contributed by atoms with Crippen molar-refractivity contribution >= 4 is 23.4 Å². The van der Waals surface area contributed by atoms with Gasteiger partial charge in [0, 0.05) is 25.1 Å². The molecule has 0 radical (unpaired) electrons. The molecule has 1 rings (SSSR count). The molecule has 0 aromatic carbocycles. The zero-order chi connectivity index (χ0) is 8.43. The molecule has 0 aliphatic carbocycles. The van der Waals surface area contributed by atoms with Crippen LogP contribution in [0.5, 0.6) is 0 Å². The molecule has 0 spiro atoms. The molecule has 0 aromatic heterocycles. The third-order valence-electron chi connectivity index (χ3n) is 1.60. The number of hydrogen-bond donors (Lipinski definition) is 0. The molecule has 5 heteroatoms. The third kappa shape index (κ3) is 1.92. The van der Waals surface area contributed by atoms with Crippen molar-refractivity contribution in [3.8, 4) is 0 Å². The van der Waals surface area contributed by atoms with Gasteiger partial charge in [-0.2, -0.15) is 0 Å². The number of halogens is 2. The summed E-state index contributed by atoms with van der Waals surface area (Å²) >= 11 is 11.4. The quantitative estimate of drug-likeness (QED) is 0.495. The van der Waals surface area contributed by atoms with E-state index in [9.17, 15) is 0 Å². The van der Waals surface area contributed by atoms with Gasteiger partial charge in [0.05, 0.1) is 0 Å². The van der Waals surface area contributed by atoms with Gasteiger partial charge in [0.1, 0.15) is 18.1 Å². The molecule has 1 unspecified atom stereocenters. The van der Waals surface area contributed by atoms with Crippen LogP contribution in [0.3, 0.4) is 0 Å². The Balaban J connectivity index is 2.53. The molecule has 0 saturated heterocycles. The molecule has 0 bridgehead atoms. The molecule has 0 amide bonds. The smallest absolute Gasteiger partial charge is 0.137 e. The topological polar surface area (TPSA) is 15.7 Å². The average Bonchev–Trinajstić information content (AvgIpc) is 2.31. The highest BCUT2D eigenvalue weighted by molar-refractivity contribution is 6.33. The number of ether oxygens (including phenoxy) is 1. The van der Waals surface area contributed by atoms with E-state index in [-0.39, 0.29) is 6.23 Å². The Morgan fingerprint density at radius 1 is 1.73 bits per heavy atom. The van der Waals surface area contributed by atoms with Gasteiger partial charge < -0.3 is 9.64 Å². The van der Waals surface area contributed by atoms with Crippen LogP contribution in [-0.4, -0.2) is 29.3 Å². The van der Waals surface area contributed by atoms with Crippen LogP contribution in [0, 0.1) is 0 Å². The Bertz CT molecular complexity index is 174. The molecule has 0 fully saturated rings. The third-order valence-corrected chi connectivity index (χ3v) is 2.28. The lowest BCUT2D eigenvalue weighted by Gasteiger charge is -2.22. The summed E-state index contributed by atoms with van der Waals surface area (Å²) < 4.78 is 6.50. The molecule has 3 nitrogen and oxygen atoms in total. The molecule has 1 heterocycles. The molecular weight excluding hydrogens is 187 g/mol. The van der Waals surface area contributed by atoms with Crippen molar-refractivity contribution in [1.29, 1.82) is 0 Å². The first-order valence-electron chi connectivity index (χ1n) is 3.24. The molecule has 11 heavy (non-hydrogen) atoms. The highest BCUT2D eigenvalue weighted by Gasteiger charge is 2.21. The predicted octanol–water partition coefficient (Wildman–Crippen LogP) is 1.75. The summed E-state index contributed by atoms with van der Waals surface area (Å²) in [6.45, 7) is 2.49. The SMILES string of the molecule is COC(C)N1C=C(Cl)N(Cl)C1. The lowest BCUT2D eigenvalue weighted by molar-refractivity contribution is 0.00679. The van der Waals surface area contributed by atoms with E-state index < -0.39 is 0 Å². The number of hydrogen-bond acceptors (Lipinski definition) is 3. The van der Waals surface area contributed by atoms with Crippen LogP contribution in [0.1, 0.15) is 6.92 Å². The number of rotatable bonds is 2. The van der Waals surface area contributed by atoms with Crippen LogP contribution in [0.25, 0.3) is 0 Å². The molecule has 0 saturated carbocycles. The Morgan fingerprint density at radius 3 is 2.73 bits per heavy atom. The van der Waals surface area contributed by atoms with Gasteiger partial charge in [-0.05, 0) is 6.92 Å². The van der Waals surface area contributed by atoms with Crippen molar-refractivity contribution in [2.24, 2.45) is 0 Å². The van der Waals surface area contributed by atoms with Crippen LogP contribution < -0.4 is 0 Å². The first-order valence-corrected chi connectivity index (χ1v) is 3.96. The normalized spacial score (nSPS) is 20.5. The molecule has 0 aromatic rings. The van der Waals surface area contributed by atoms with E-state index in [1.54, 1.807) is 13.3 Å². The van der Waals surface area contributed by atoms with E-state index in [4.69, 9.17) is 28.1 Å². The Kier molecular flexibility index (Phi) is 2.87. The molecular formula is C6H10Cl2N2O. The number of nitrogens with zero attached hydrogens (tertiary/aromatic N) is 2. The highest BCUT2D eigenvalue weighted by atomic mass is 35.5. The van der Waals surface area contributed by atoms with E-state index >= 15 is 0 Å². The van der Waals surface area contributed by atoms with E-state index in [0.717, 1.165) is 0 Å². The predicted molar refractivity (Wildman–Crippen MR) is 44.8 cm³/mol. The molecule has 1 aliphatic heterocycles. The van der Waals surface area contributed by atoms with E-state index in [1.165, 1.54) is 4.42 Å². The van der Waals surface area contributed by atoms with Gasteiger partial charge in [0.2, 0.25) is 0 Å². The highest BCUT2D eigenvalue weighted by Crippen LogP contribution is 2.22. The van der Waals surface area contributed by atoms with Crippen molar-refractivity contribution in [1.82, 2.24) is 9.32 Å². The van der Waals surface area contributed by atoms with Gasteiger partial charge in [-0.15, -0.1) is 0 Å². The van der Waals surface area contributed by atoms with Crippen LogP contribution in [0.4, 0.5) is 0 Å². The summed E-state index contributed by atoms with van der Waals surface area (Å²) in [5, 5.41) is 0.524. The first-order chi connectivity index (χ1) is 5.15. The Hall–Kier alpha value is -0.120. The van der Waals surface area contributed by atoms with Crippen molar-refractivity contribution in [2.75, 3.05) is 13.8 Å². The molecule has 64 valence electrons. The van der Waals surface area contributed by atoms with Gasteiger partial charge >= 0.3 is 0 Å². The minimum Gasteiger partial charge on any atom is -0.362 e. The van der Waals surface area contributed by atoms with Gasteiger partial charge in [-0.25, -0.2) is 0 Å². The van der Waals surface area contributed by atoms with Crippen molar-refractivity contribution in [3.63, 3.8) is 0 Å². The molecule has 0 N–H and O–H groups in total. The summed E-state index contributed by atoms with van der Waals surface area (Å²) in [6, 6.07) is 0. The van der Waals surface area contributed by atoms with Crippen molar-refractivity contribution in [2.45, 2.75) is 13.2 Å². The van der Waals surface area contributed by atoms with Gasteiger partial charge in [-0.1, -0.05) is 11.6 Å². The maximum absolute atomic E-state index is 5.72. The van der Waals surface area contributed by atoms with Crippen LogP contribution in [-0.2, 0) is 4.74 Å². The maximum Gasteiger partial charge on any atom is 0.137 e. The second-order valence-electron chi connectivity index (χ2n) is 2.30. The average molecular weight is 197 g/mol. The van der Waals surface area contributed by atoms with Crippen LogP contribution in [0.2, 0.25) is 0 Å². The van der Waals surface area contributed by atoms with Gasteiger partial charge in [0.15, 0.2) is 0 Å². The van der Waals surface area contributed by atoms with Gasteiger partial charge in [0.25, 0.3) is 0 Å². The first kappa shape index (κ1) is 8.97. The van der Waals surface area contributed by atoms with Crippen LogP contribution in [0.15, 0.2) is 11.4 Å². The number of methoxy groups -OCH3 is 1. The summed E-state index contributed by atoms with van der Waals surface area (Å²) in [4.78, 5) is 1.90. The monoisotopic (exact) mass is 196 g/mol. The lowest BCUT2D eigenvalue weighted by Crippen LogP contribution is -2.30. The van der Waals surface area contributed by atoms with E-state index in [2.05, 4.69) is 0 Å². The minimum atomic E-state index is 0.00694. The van der Waals surface area contributed by atoms with E-state index in [1.807, 2.05) is 11.8 Å². The second-order valence-corrected chi connectivity index (χ2v) is 3.10.